The average molecular weight is 265 g/mol. The second-order valence-corrected chi connectivity index (χ2v) is 5.12. The molecule has 0 radical (unpaired) electrons. The molecule has 0 aromatic carbocycles. The molecular weight excluding hydrogens is 246 g/mol. The van der Waals surface area contributed by atoms with Gasteiger partial charge in [-0.2, -0.15) is 5.26 Å². The molecule has 104 valence electrons. The zero-order valence-corrected chi connectivity index (χ0v) is 11.9. The minimum absolute atomic E-state index is 0.0935. The highest BCUT2D eigenvalue weighted by molar-refractivity contribution is 5.93. The van der Waals surface area contributed by atoms with Crippen molar-refractivity contribution in [1.29, 1.82) is 5.26 Å². The van der Waals surface area contributed by atoms with E-state index in [1.54, 1.807) is 13.0 Å². The number of hydrogen-bond donors (Lipinski definition) is 0. The number of allylic oxidation sites excluding steroid dienone is 2. The van der Waals surface area contributed by atoms with Crippen LogP contribution in [0.4, 0.5) is 0 Å². The molecule has 0 unspecified atom stereocenters. The van der Waals surface area contributed by atoms with Gasteiger partial charge in [-0.1, -0.05) is 0 Å². The summed E-state index contributed by atoms with van der Waals surface area (Å²) in [5.74, 6) is -0.370. The molecule has 1 saturated heterocycles. The highest BCUT2D eigenvalue weighted by Crippen LogP contribution is 2.39. The summed E-state index contributed by atoms with van der Waals surface area (Å²) in [5.41, 5.74) is -1.06. The van der Waals surface area contributed by atoms with E-state index in [-0.39, 0.29) is 18.1 Å². The maximum atomic E-state index is 11.4. The fraction of sp³-hybridized carbons (Fsp3) is 0.571. The molecule has 1 heterocycles. The predicted molar refractivity (Wildman–Crippen MR) is 68.7 cm³/mol. The van der Waals surface area contributed by atoms with Crippen molar-refractivity contribution in [2.75, 3.05) is 6.61 Å². The SMILES string of the molecule is CCOC(=O)C(C#N)=CC=C1OC(C)(C)C(C)(C)O1. The quantitative estimate of drug-likeness (QED) is 0.445. The van der Waals surface area contributed by atoms with Crippen LogP contribution >= 0.6 is 0 Å². The van der Waals surface area contributed by atoms with Gasteiger partial charge in [-0.05, 0) is 40.7 Å². The number of ether oxygens (including phenoxy) is 3. The van der Waals surface area contributed by atoms with Crippen molar-refractivity contribution >= 4 is 5.97 Å². The first-order chi connectivity index (χ1) is 8.73. The third kappa shape index (κ3) is 3.28. The lowest BCUT2D eigenvalue weighted by Gasteiger charge is -2.28. The lowest BCUT2D eigenvalue weighted by molar-refractivity contribution is -0.138. The minimum Gasteiger partial charge on any atom is -0.462 e. The fourth-order valence-corrected chi connectivity index (χ4v) is 1.35. The van der Waals surface area contributed by atoms with Gasteiger partial charge in [0, 0.05) is 6.08 Å². The normalized spacial score (nSPS) is 20.0. The zero-order chi connectivity index (χ0) is 14.7. The minimum atomic E-state index is -0.654. The molecule has 1 rings (SSSR count). The van der Waals surface area contributed by atoms with E-state index in [1.807, 2.05) is 27.7 Å². The standard InChI is InChI=1S/C14H19NO4/c1-6-17-12(16)10(9-15)7-8-11-18-13(2,3)14(4,5)19-11/h7-8H,6H2,1-5H3. The van der Waals surface area contributed by atoms with E-state index >= 15 is 0 Å². The summed E-state index contributed by atoms with van der Waals surface area (Å²) in [4.78, 5) is 11.4. The summed E-state index contributed by atoms with van der Waals surface area (Å²) in [6.07, 6.45) is 2.80. The van der Waals surface area contributed by atoms with Gasteiger partial charge in [-0.15, -0.1) is 0 Å². The van der Waals surface area contributed by atoms with Gasteiger partial charge in [-0.25, -0.2) is 4.79 Å². The number of nitrogens with zero attached hydrogens (tertiary/aromatic N) is 1. The van der Waals surface area contributed by atoms with Crippen molar-refractivity contribution in [3.8, 4) is 6.07 Å². The Kier molecular flexibility index (Phi) is 4.25. The molecule has 0 amide bonds. The molecule has 19 heavy (non-hydrogen) atoms. The van der Waals surface area contributed by atoms with E-state index in [0.717, 1.165) is 0 Å². The van der Waals surface area contributed by atoms with Crippen molar-refractivity contribution in [3.05, 3.63) is 23.7 Å². The molecule has 0 aromatic heterocycles. The van der Waals surface area contributed by atoms with Gasteiger partial charge in [0.2, 0.25) is 0 Å². The summed E-state index contributed by atoms with van der Waals surface area (Å²) in [5, 5.41) is 8.87. The third-order valence-electron chi connectivity index (χ3n) is 3.16. The number of carbonyl (C=O) groups excluding carboxylic acids is 1. The molecule has 1 aliphatic heterocycles. The van der Waals surface area contributed by atoms with Crippen LogP contribution in [0, 0.1) is 11.3 Å². The summed E-state index contributed by atoms with van der Waals surface area (Å²) in [7, 11) is 0. The molecule has 0 aliphatic carbocycles. The number of hydrogen-bond acceptors (Lipinski definition) is 5. The number of esters is 1. The predicted octanol–water partition coefficient (Wildman–Crippen LogP) is 2.44. The lowest BCUT2D eigenvalue weighted by Crippen LogP contribution is -2.41. The van der Waals surface area contributed by atoms with E-state index in [4.69, 9.17) is 19.5 Å². The maximum Gasteiger partial charge on any atom is 0.348 e. The molecule has 1 aliphatic rings. The van der Waals surface area contributed by atoms with E-state index in [0.29, 0.717) is 0 Å². The summed E-state index contributed by atoms with van der Waals surface area (Å²) >= 11 is 0. The Morgan fingerprint density at radius 3 is 2.26 bits per heavy atom. The summed E-state index contributed by atoms with van der Waals surface area (Å²) < 4.78 is 16.0. The van der Waals surface area contributed by atoms with Crippen LogP contribution < -0.4 is 0 Å². The van der Waals surface area contributed by atoms with Crippen molar-refractivity contribution in [1.82, 2.24) is 0 Å². The Labute approximate surface area is 113 Å². The monoisotopic (exact) mass is 265 g/mol. The second kappa shape index (κ2) is 5.35. The van der Waals surface area contributed by atoms with Gasteiger partial charge in [0.1, 0.15) is 22.8 Å². The summed E-state index contributed by atoms with van der Waals surface area (Å²) in [6, 6.07) is 1.78. The Hall–Kier alpha value is -1.96. The molecule has 1 fully saturated rings. The van der Waals surface area contributed by atoms with Crippen LogP contribution in [0.5, 0.6) is 0 Å². The summed E-state index contributed by atoms with van der Waals surface area (Å²) in [6.45, 7) is 9.55. The van der Waals surface area contributed by atoms with E-state index in [9.17, 15) is 4.79 Å². The Bertz CT molecular complexity index is 448. The van der Waals surface area contributed by atoms with Gasteiger partial charge in [0.15, 0.2) is 0 Å². The van der Waals surface area contributed by atoms with Crippen molar-refractivity contribution < 1.29 is 19.0 Å². The number of rotatable bonds is 3. The largest absolute Gasteiger partial charge is 0.462 e. The van der Waals surface area contributed by atoms with E-state index < -0.39 is 17.2 Å². The number of carbonyl (C=O) groups is 1. The van der Waals surface area contributed by atoms with Crippen LogP contribution in [-0.4, -0.2) is 23.8 Å². The van der Waals surface area contributed by atoms with Crippen LogP contribution in [0.2, 0.25) is 0 Å². The maximum absolute atomic E-state index is 11.4. The molecule has 0 saturated carbocycles. The smallest absolute Gasteiger partial charge is 0.348 e. The van der Waals surface area contributed by atoms with Crippen LogP contribution in [-0.2, 0) is 19.0 Å². The van der Waals surface area contributed by atoms with Crippen molar-refractivity contribution in [3.63, 3.8) is 0 Å². The molecule has 0 N–H and O–H groups in total. The van der Waals surface area contributed by atoms with Crippen LogP contribution in [0.25, 0.3) is 0 Å². The molecule has 5 nitrogen and oxygen atoms in total. The highest BCUT2D eigenvalue weighted by Gasteiger charge is 2.48. The fourth-order valence-electron chi connectivity index (χ4n) is 1.35. The Morgan fingerprint density at radius 2 is 1.84 bits per heavy atom. The molecule has 0 aromatic rings. The lowest BCUT2D eigenvalue weighted by atomic mass is 9.90. The first kappa shape index (κ1) is 15.1. The van der Waals surface area contributed by atoms with Gasteiger partial charge in [0.25, 0.3) is 5.95 Å². The zero-order valence-electron chi connectivity index (χ0n) is 11.9. The van der Waals surface area contributed by atoms with Crippen molar-refractivity contribution in [2.45, 2.75) is 45.8 Å². The molecule has 0 atom stereocenters. The second-order valence-electron chi connectivity index (χ2n) is 5.12. The van der Waals surface area contributed by atoms with Gasteiger partial charge >= 0.3 is 5.97 Å². The Morgan fingerprint density at radius 1 is 1.32 bits per heavy atom. The first-order valence-corrected chi connectivity index (χ1v) is 6.10. The van der Waals surface area contributed by atoms with E-state index in [2.05, 4.69) is 0 Å². The first-order valence-electron chi connectivity index (χ1n) is 6.10. The van der Waals surface area contributed by atoms with Crippen LogP contribution in [0.15, 0.2) is 23.7 Å². The Balaban J connectivity index is 2.88. The average Bonchev–Trinajstić information content (AvgIpc) is 2.48. The van der Waals surface area contributed by atoms with Gasteiger partial charge in [-0.3, -0.25) is 0 Å². The van der Waals surface area contributed by atoms with Gasteiger partial charge < -0.3 is 14.2 Å². The number of nitriles is 1. The van der Waals surface area contributed by atoms with Crippen LogP contribution in [0.3, 0.4) is 0 Å². The molecule has 0 spiro atoms. The van der Waals surface area contributed by atoms with Crippen molar-refractivity contribution in [2.24, 2.45) is 0 Å². The van der Waals surface area contributed by atoms with Crippen LogP contribution in [0.1, 0.15) is 34.6 Å². The molecular formula is C14H19NO4. The molecule has 5 heteroatoms. The topological polar surface area (TPSA) is 68.6 Å². The molecule has 0 bridgehead atoms. The third-order valence-corrected chi connectivity index (χ3v) is 3.16. The highest BCUT2D eigenvalue weighted by atomic mass is 16.7. The van der Waals surface area contributed by atoms with E-state index in [1.165, 1.54) is 12.2 Å². The van der Waals surface area contributed by atoms with Gasteiger partial charge in [0.05, 0.1) is 6.61 Å².